The summed E-state index contributed by atoms with van der Waals surface area (Å²) in [5, 5.41) is 0. The quantitative estimate of drug-likeness (QED) is 0.261. The highest BCUT2D eigenvalue weighted by atomic mass is 32.2. The number of nitrogens with one attached hydrogen (secondary N) is 1. The summed E-state index contributed by atoms with van der Waals surface area (Å²) in [6, 6.07) is 5.80. The van der Waals surface area contributed by atoms with E-state index in [2.05, 4.69) is 0 Å². The van der Waals surface area contributed by atoms with Crippen LogP contribution in [0.1, 0.15) is 16.1 Å². The van der Waals surface area contributed by atoms with Crippen LogP contribution < -0.4 is 17.0 Å². The zero-order valence-corrected chi connectivity index (χ0v) is 10.7. The van der Waals surface area contributed by atoms with Crippen molar-refractivity contribution in [3.63, 3.8) is 0 Å². The highest BCUT2D eigenvalue weighted by molar-refractivity contribution is 7.98. The van der Waals surface area contributed by atoms with Gasteiger partial charge in [-0.2, -0.15) is 0 Å². The standard InChI is InChI=1S/C12H12FN3O2S/c13-8-1-2-11(10(14)4-8)19-6-9-3-7(5-18-9)12(17)16-15/h1-5H,6,14-15H2,(H,16,17). The lowest BCUT2D eigenvalue weighted by molar-refractivity contribution is 0.0953. The largest absolute Gasteiger partial charge is 0.468 e. The molecule has 2 rings (SSSR count). The Morgan fingerprint density at radius 2 is 2.21 bits per heavy atom. The number of rotatable bonds is 4. The number of carbonyl (C=O) groups excluding carboxylic acids is 1. The zero-order valence-electron chi connectivity index (χ0n) is 9.85. The van der Waals surface area contributed by atoms with Crippen LogP contribution in [0.25, 0.3) is 0 Å². The van der Waals surface area contributed by atoms with Crippen molar-refractivity contribution >= 4 is 23.4 Å². The van der Waals surface area contributed by atoms with Crippen LogP contribution in [0.4, 0.5) is 10.1 Å². The molecule has 5 N–H and O–H groups in total. The summed E-state index contributed by atoms with van der Waals surface area (Å²) in [6.45, 7) is 0. The van der Waals surface area contributed by atoms with E-state index in [0.29, 0.717) is 22.8 Å². The van der Waals surface area contributed by atoms with E-state index in [-0.39, 0.29) is 5.82 Å². The van der Waals surface area contributed by atoms with E-state index in [1.807, 2.05) is 5.43 Å². The molecule has 0 radical (unpaired) electrons. The Morgan fingerprint density at radius 1 is 1.42 bits per heavy atom. The first-order chi connectivity index (χ1) is 9.10. The molecular weight excluding hydrogens is 269 g/mol. The number of hydrogen-bond donors (Lipinski definition) is 3. The minimum atomic E-state index is -0.415. The molecule has 1 aromatic carbocycles. The third kappa shape index (κ3) is 3.27. The zero-order chi connectivity index (χ0) is 13.8. The van der Waals surface area contributed by atoms with Crippen molar-refractivity contribution in [2.45, 2.75) is 10.6 Å². The van der Waals surface area contributed by atoms with E-state index in [0.717, 1.165) is 4.90 Å². The van der Waals surface area contributed by atoms with E-state index in [1.54, 1.807) is 12.1 Å². The Balaban J connectivity index is 2.02. The first-order valence-electron chi connectivity index (χ1n) is 5.36. The van der Waals surface area contributed by atoms with Gasteiger partial charge in [-0.05, 0) is 24.3 Å². The molecule has 1 heterocycles. The van der Waals surface area contributed by atoms with Gasteiger partial charge in [-0.25, -0.2) is 10.2 Å². The predicted octanol–water partition coefficient (Wildman–Crippen LogP) is 1.90. The SMILES string of the molecule is NNC(=O)c1coc(CSc2ccc(F)cc2N)c1. The minimum absolute atomic E-state index is 0.352. The molecule has 0 aliphatic carbocycles. The molecule has 0 spiro atoms. The third-order valence-corrected chi connectivity index (χ3v) is 3.50. The van der Waals surface area contributed by atoms with E-state index in [9.17, 15) is 9.18 Å². The van der Waals surface area contributed by atoms with Gasteiger partial charge in [-0.1, -0.05) is 0 Å². The van der Waals surface area contributed by atoms with Gasteiger partial charge in [0.25, 0.3) is 5.91 Å². The summed E-state index contributed by atoms with van der Waals surface area (Å²) in [4.78, 5) is 12.0. The van der Waals surface area contributed by atoms with Crippen LogP contribution in [0.15, 0.2) is 39.8 Å². The van der Waals surface area contributed by atoms with Crippen molar-refractivity contribution in [3.05, 3.63) is 47.7 Å². The van der Waals surface area contributed by atoms with Gasteiger partial charge >= 0.3 is 0 Å². The summed E-state index contributed by atoms with van der Waals surface area (Å²) in [5.41, 5.74) is 8.43. The molecule has 0 fully saturated rings. The molecule has 1 aromatic heterocycles. The Kier molecular flexibility index (Phi) is 4.08. The summed E-state index contributed by atoms with van der Waals surface area (Å²) >= 11 is 1.39. The molecule has 0 unspecified atom stereocenters. The van der Waals surface area contributed by atoms with Crippen LogP contribution in [0.2, 0.25) is 0 Å². The molecule has 100 valence electrons. The van der Waals surface area contributed by atoms with Crippen LogP contribution in [0.5, 0.6) is 0 Å². The van der Waals surface area contributed by atoms with Crippen molar-refractivity contribution in [3.8, 4) is 0 Å². The summed E-state index contributed by atoms with van der Waals surface area (Å²) < 4.78 is 18.1. The van der Waals surface area contributed by atoms with Gasteiger partial charge in [-0.3, -0.25) is 10.2 Å². The van der Waals surface area contributed by atoms with E-state index >= 15 is 0 Å². The molecule has 0 aliphatic rings. The molecule has 5 nitrogen and oxygen atoms in total. The highest BCUT2D eigenvalue weighted by Gasteiger charge is 2.09. The molecule has 7 heteroatoms. The van der Waals surface area contributed by atoms with Crippen LogP contribution in [-0.2, 0) is 5.75 Å². The molecular formula is C12H12FN3O2S. The molecule has 2 aromatic rings. The van der Waals surface area contributed by atoms with Gasteiger partial charge in [0.2, 0.25) is 0 Å². The van der Waals surface area contributed by atoms with Crippen molar-refractivity contribution in [1.82, 2.24) is 5.43 Å². The Hall–Kier alpha value is -1.99. The lowest BCUT2D eigenvalue weighted by Crippen LogP contribution is -2.29. The first-order valence-corrected chi connectivity index (χ1v) is 6.35. The fourth-order valence-electron chi connectivity index (χ4n) is 1.46. The smallest absolute Gasteiger partial charge is 0.268 e. The number of nitrogen functional groups attached to an aromatic ring is 2. The number of hydrazine groups is 1. The van der Waals surface area contributed by atoms with Crippen LogP contribution in [0, 0.1) is 5.82 Å². The normalized spacial score (nSPS) is 10.4. The number of carbonyl (C=O) groups is 1. The number of furan rings is 1. The molecule has 0 aliphatic heterocycles. The van der Waals surface area contributed by atoms with Crippen LogP contribution >= 0.6 is 11.8 Å². The number of thioether (sulfide) groups is 1. The van der Waals surface area contributed by atoms with Gasteiger partial charge in [0.1, 0.15) is 17.8 Å². The first kappa shape index (κ1) is 13.4. The second-order valence-corrected chi connectivity index (χ2v) is 4.76. The number of halogens is 1. The number of nitrogens with two attached hydrogens (primary N) is 2. The molecule has 0 atom stereocenters. The molecule has 0 bridgehead atoms. The van der Waals surface area contributed by atoms with Crippen LogP contribution in [-0.4, -0.2) is 5.91 Å². The van der Waals surface area contributed by atoms with E-state index in [1.165, 1.54) is 30.2 Å². The number of amides is 1. The summed E-state index contributed by atoms with van der Waals surface area (Å²) in [6.07, 6.45) is 1.33. The van der Waals surface area contributed by atoms with Crippen molar-refractivity contribution < 1.29 is 13.6 Å². The second kappa shape index (κ2) is 5.77. The van der Waals surface area contributed by atoms with Crippen molar-refractivity contribution in [2.75, 3.05) is 5.73 Å². The highest BCUT2D eigenvalue weighted by Crippen LogP contribution is 2.29. The Bertz CT molecular complexity index is 600. The maximum atomic E-state index is 12.9. The number of anilines is 1. The fourth-order valence-corrected chi connectivity index (χ4v) is 2.30. The Morgan fingerprint density at radius 3 is 2.89 bits per heavy atom. The van der Waals surface area contributed by atoms with Gasteiger partial charge < -0.3 is 10.2 Å². The van der Waals surface area contributed by atoms with E-state index < -0.39 is 5.91 Å². The number of benzene rings is 1. The lowest BCUT2D eigenvalue weighted by Gasteiger charge is -2.03. The van der Waals surface area contributed by atoms with E-state index in [4.69, 9.17) is 16.0 Å². The van der Waals surface area contributed by atoms with Gasteiger partial charge in [-0.15, -0.1) is 11.8 Å². The predicted molar refractivity (Wildman–Crippen MR) is 70.7 cm³/mol. The Labute approximate surface area is 113 Å². The average Bonchev–Trinajstić information content (AvgIpc) is 2.85. The summed E-state index contributed by atoms with van der Waals surface area (Å²) in [7, 11) is 0. The molecule has 19 heavy (non-hydrogen) atoms. The maximum Gasteiger partial charge on any atom is 0.268 e. The lowest BCUT2D eigenvalue weighted by atomic mass is 10.3. The molecule has 0 saturated carbocycles. The van der Waals surface area contributed by atoms with Crippen molar-refractivity contribution in [2.24, 2.45) is 5.84 Å². The van der Waals surface area contributed by atoms with Crippen LogP contribution in [0.3, 0.4) is 0 Å². The average molecular weight is 281 g/mol. The topological polar surface area (TPSA) is 94.3 Å². The minimum Gasteiger partial charge on any atom is -0.468 e. The van der Waals surface area contributed by atoms with Gasteiger partial charge in [0.15, 0.2) is 0 Å². The number of hydrogen-bond acceptors (Lipinski definition) is 5. The fraction of sp³-hybridized carbons (Fsp3) is 0.0833. The summed E-state index contributed by atoms with van der Waals surface area (Å²) in [5.74, 6) is 5.31. The van der Waals surface area contributed by atoms with Gasteiger partial charge in [0, 0.05) is 10.6 Å². The van der Waals surface area contributed by atoms with Crippen molar-refractivity contribution in [1.29, 1.82) is 0 Å². The third-order valence-electron chi connectivity index (χ3n) is 2.39. The molecule has 1 amide bonds. The second-order valence-electron chi connectivity index (χ2n) is 3.75. The molecule has 0 saturated heterocycles. The van der Waals surface area contributed by atoms with Gasteiger partial charge in [0.05, 0.1) is 11.3 Å². The maximum absolute atomic E-state index is 12.9. The monoisotopic (exact) mass is 281 g/mol.